The number of amides is 1. The van der Waals surface area contributed by atoms with Crippen molar-refractivity contribution >= 4 is 5.91 Å². The Morgan fingerprint density at radius 1 is 1.38 bits per heavy atom. The van der Waals surface area contributed by atoms with Crippen LogP contribution in [0.1, 0.15) is 40.6 Å². The van der Waals surface area contributed by atoms with E-state index in [1.165, 1.54) is 6.20 Å². The van der Waals surface area contributed by atoms with Gasteiger partial charge in [0.25, 0.3) is 17.0 Å². The molecule has 0 aliphatic heterocycles. The number of aromatic amines is 2. The smallest absolute Gasteiger partial charge is 0.270 e. The SMILES string of the molecule is O=C(NCc1ccc[nH]c1=O)c1cc(=O)[nH]c(C2CC2)n1. The summed E-state index contributed by atoms with van der Waals surface area (Å²) in [4.78, 5) is 44.4. The van der Waals surface area contributed by atoms with Gasteiger partial charge in [-0.25, -0.2) is 4.98 Å². The first kappa shape index (κ1) is 13.3. The largest absolute Gasteiger partial charge is 0.346 e. The van der Waals surface area contributed by atoms with Crippen molar-refractivity contribution in [1.29, 1.82) is 0 Å². The predicted molar refractivity (Wildman–Crippen MR) is 75.1 cm³/mol. The lowest BCUT2D eigenvalue weighted by molar-refractivity contribution is 0.0945. The van der Waals surface area contributed by atoms with E-state index in [9.17, 15) is 14.4 Å². The van der Waals surface area contributed by atoms with Gasteiger partial charge >= 0.3 is 0 Å². The van der Waals surface area contributed by atoms with Crippen molar-refractivity contribution < 1.29 is 4.79 Å². The summed E-state index contributed by atoms with van der Waals surface area (Å²) in [6.07, 6.45) is 3.48. The molecule has 1 amide bonds. The number of H-pyrrole nitrogens is 2. The van der Waals surface area contributed by atoms with Crippen molar-refractivity contribution in [3.63, 3.8) is 0 Å². The number of hydrogen-bond donors (Lipinski definition) is 3. The molecule has 108 valence electrons. The Bertz CT molecular complexity index is 789. The Balaban J connectivity index is 1.75. The summed E-state index contributed by atoms with van der Waals surface area (Å²) in [5.41, 5.74) is -0.0731. The minimum absolute atomic E-state index is 0.0769. The lowest BCUT2D eigenvalue weighted by Crippen LogP contribution is -2.29. The molecule has 1 aliphatic rings. The van der Waals surface area contributed by atoms with Crippen LogP contribution in [0.25, 0.3) is 0 Å². The fourth-order valence-corrected chi connectivity index (χ4v) is 2.00. The van der Waals surface area contributed by atoms with Crippen molar-refractivity contribution in [2.24, 2.45) is 0 Å². The van der Waals surface area contributed by atoms with Crippen LogP contribution in [0, 0.1) is 0 Å². The number of hydrogen-bond acceptors (Lipinski definition) is 4. The molecule has 0 unspecified atom stereocenters. The highest BCUT2D eigenvalue weighted by Gasteiger charge is 2.27. The molecule has 1 aliphatic carbocycles. The summed E-state index contributed by atoms with van der Waals surface area (Å²) < 4.78 is 0. The summed E-state index contributed by atoms with van der Waals surface area (Å²) in [6, 6.07) is 4.47. The number of nitrogens with one attached hydrogen (secondary N) is 3. The third-order valence-corrected chi connectivity index (χ3v) is 3.30. The molecule has 0 atom stereocenters. The zero-order valence-corrected chi connectivity index (χ0v) is 11.2. The maximum atomic E-state index is 12.0. The zero-order chi connectivity index (χ0) is 14.8. The van der Waals surface area contributed by atoms with Crippen LogP contribution in [0.5, 0.6) is 0 Å². The van der Waals surface area contributed by atoms with Crippen molar-refractivity contribution in [2.75, 3.05) is 0 Å². The summed E-state index contributed by atoms with van der Waals surface area (Å²) in [5, 5.41) is 2.60. The molecule has 7 nitrogen and oxygen atoms in total. The third kappa shape index (κ3) is 3.07. The quantitative estimate of drug-likeness (QED) is 0.749. The number of rotatable bonds is 4. The van der Waals surface area contributed by atoms with E-state index in [4.69, 9.17) is 0 Å². The van der Waals surface area contributed by atoms with Gasteiger partial charge in [0.15, 0.2) is 0 Å². The highest BCUT2D eigenvalue weighted by Crippen LogP contribution is 2.37. The van der Waals surface area contributed by atoms with Crippen molar-refractivity contribution in [3.8, 4) is 0 Å². The van der Waals surface area contributed by atoms with Gasteiger partial charge in [0, 0.05) is 30.3 Å². The van der Waals surface area contributed by atoms with E-state index in [1.54, 1.807) is 12.1 Å². The van der Waals surface area contributed by atoms with Crippen molar-refractivity contribution in [2.45, 2.75) is 25.3 Å². The number of carbonyl (C=O) groups is 1. The lowest BCUT2D eigenvalue weighted by atomic mass is 10.2. The second-order valence-electron chi connectivity index (χ2n) is 5.00. The monoisotopic (exact) mass is 286 g/mol. The molecule has 3 N–H and O–H groups in total. The standard InChI is InChI=1S/C14H14N4O3/c19-11-6-10(17-12(18-11)8-3-4-8)14(21)16-7-9-2-1-5-15-13(9)20/h1-2,5-6,8H,3-4,7H2,(H,15,20)(H,16,21)(H,17,18,19). The molecule has 0 spiro atoms. The first-order valence-corrected chi connectivity index (χ1v) is 6.69. The first-order chi connectivity index (χ1) is 10.1. The Morgan fingerprint density at radius 2 is 2.19 bits per heavy atom. The van der Waals surface area contributed by atoms with E-state index < -0.39 is 5.91 Å². The molecule has 1 saturated carbocycles. The average Bonchev–Trinajstić information content (AvgIpc) is 3.30. The molecule has 2 aromatic rings. The molecule has 2 heterocycles. The maximum Gasteiger partial charge on any atom is 0.270 e. The van der Waals surface area contributed by atoms with Gasteiger partial charge in [-0.05, 0) is 18.9 Å². The highest BCUT2D eigenvalue weighted by atomic mass is 16.2. The Morgan fingerprint density at radius 3 is 2.90 bits per heavy atom. The van der Waals surface area contributed by atoms with Crippen LogP contribution >= 0.6 is 0 Å². The van der Waals surface area contributed by atoms with Gasteiger partial charge in [-0.15, -0.1) is 0 Å². The predicted octanol–water partition coefficient (Wildman–Crippen LogP) is 0.266. The lowest BCUT2D eigenvalue weighted by Gasteiger charge is -2.05. The molecule has 7 heteroatoms. The molecular formula is C14H14N4O3. The van der Waals surface area contributed by atoms with Crippen LogP contribution in [-0.4, -0.2) is 20.9 Å². The molecule has 21 heavy (non-hydrogen) atoms. The van der Waals surface area contributed by atoms with E-state index in [0.29, 0.717) is 11.4 Å². The maximum absolute atomic E-state index is 12.0. The van der Waals surface area contributed by atoms with Crippen molar-refractivity contribution in [1.82, 2.24) is 20.3 Å². The van der Waals surface area contributed by atoms with Gasteiger partial charge in [0.05, 0.1) is 0 Å². The van der Waals surface area contributed by atoms with E-state index >= 15 is 0 Å². The molecule has 0 saturated heterocycles. The number of pyridine rings is 1. The van der Waals surface area contributed by atoms with Gasteiger partial charge in [-0.3, -0.25) is 14.4 Å². The van der Waals surface area contributed by atoms with E-state index in [2.05, 4.69) is 20.3 Å². The van der Waals surface area contributed by atoms with Crippen LogP contribution in [0.2, 0.25) is 0 Å². The topological polar surface area (TPSA) is 108 Å². The third-order valence-electron chi connectivity index (χ3n) is 3.30. The second kappa shape index (κ2) is 5.35. The molecule has 1 fully saturated rings. The Labute approximate surface area is 119 Å². The number of nitrogens with zero attached hydrogens (tertiary/aromatic N) is 1. The van der Waals surface area contributed by atoms with E-state index in [0.717, 1.165) is 18.9 Å². The molecule has 3 rings (SSSR count). The summed E-state index contributed by atoms with van der Waals surface area (Å²) >= 11 is 0. The number of carbonyl (C=O) groups excluding carboxylic acids is 1. The van der Waals surface area contributed by atoms with Gasteiger partial charge in [0.2, 0.25) is 0 Å². The van der Waals surface area contributed by atoms with Gasteiger partial charge in [-0.2, -0.15) is 0 Å². The minimum Gasteiger partial charge on any atom is -0.346 e. The van der Waals surface area contributed by atoms with Gasteiger partial charge < -0.3 is 15.3 Å². The molecular weight excluding hydrogens is 272 g/mol. The van der Waals surface area contributed by atoms with Gasteiger partial charge in [0.1, 0.15) is 11.5 Å². The fraction of sp³-hybridized carbons (Fsp3) is 0.286. The van der Waals surface area contributed by atoms with Crippen LogP contribution in [-0.2, 0) is 6.54 Å². The van der Waals surface area contributed by atoms with Crippen LogP contribution < -0.4 is 16.4 Å². The molecule has 0 radical (unpaired) electrons. The molecule has 0 bridgehead atoms. The van der Waals surface area contributed by atoms with E-state index in [1.807, 2.05) is 0 Å². The minimum atomic E-state index is -0.466. The zero-order valence-electron chi connectivity index (χ0n) is 11.2. The second-order valence-corrected chi connectivity index (χ2v) is 5.00. The van der Waals surface area contributed by atoms with Crippen LogP contribution in [0.15, 0.2) is 34.0 Å². The van der Waals surface area contributed by atoms with Crippen molar-refractivity contribution in [3.05, 3.63) is 62.2 Å². The Kier molecular flexibility index (Phi) is 3.39. The fourth-order valence-electron chi connectivity index (χ4n) is 2.00. The first-order valence-electron chi connectivity index (χ1n) is 6.69. The number of aromatic nitrogens is 3. The van der Waals surface area contributed by atoms with Crippen LogP contribution in [0.3, 0.4) is 0 Å². The summed E-state index contributed by atoms with van der Waals surface area (Å²) in [6.45, 7) is 0.0856. The average molecular weight is 286 g/mol. The normalized spacial score (nSPS) is 13.9. The van der Waals surface area contributed by atoms with Gasteiger partial charge in [-0.1, -0.05) is 6.07 Å². The molecule has 0 aromatic carbocycles. The molecule has 2 aromatic heterocycles. The summed E-state index contributed by atoms with van der Waals surface area (Å²) in [5.74, 6) is 0.346. The Hall–Kier alpha value is -2.70. The highest BCUT2D eigenvalue weighted by molar-refractivity contribution is 5.92. The van der Waals surface area contributed by atoms with Crippen LogP contribution in [0.4, 0.5) is 0 Å². The van der Waals surface area contributed by atoms with E-state index in [-0.39, 0.29) is 29.3 Å². The summed E-state index contributed by atoms with van der Waals surface area (Å²) in [7, 11) is 0.